The van der Waals surface area contributed by atoms with Crippen molar-refractivity contribution in [2.24, 2.45) is 0 Å². The maximum atomic E-state index is 8.70. The van der Waals surface area contributed by atoms with E-state index < -0.39 is 0 Å². The van der Waals surface area contributed by atoms with Crippen molar-refractivity contribution < 1.29 is 9.84 Å². The van der Waals surface area contributed by atoms with E-state index in [1.54, 1.807) is 6.08 Å². The fourth-order valence-electron chi connectivity index (χ4n) is 0.466. The van der Waals surface area contributed by atoms with Crippen LogP contribution in [-0.4, -0.2) is 5.11 Å². The van der Waals surface area contributed by atoms with Gasteiger partial charge in [-0.25, -0.2) is 0 Å². The second-order valence-electron chi connectivity index (χ2n) is 2.56. The number of hydrogen-bond donors (Lipinski definition) is 1. The molecule has 0 bridgehead atoms. The Kier molecular flexibility index (Phi) is 5.12. The molecule has 0 rings (SSSR count). The van der Waals surface area contributed by atoms with Gasteiger partial charge in [0.2, 0.25) is 0 Å². The molecule has 0 spiro atoms. The van der Waals surface area contributed by atoms with Crippen LogP contribution in [0.3, 0.4) is 0 Å². The van der Waals surface area contributed by atoms with Crippen molar-refractivity contribution in [3.05, 3.63) is 61.3 Å². The molecule has 0 saturated carbocycles. The van der Waals surface area contributed by atoms with Crippen molar-refractivity contribution in [1.82, 2.24) is 0 Å². The van der Waals surface area contributed by atoms with E-state index in [4.69, 9.17) is 9.84 Å². The van der Waals surface area contributed by atoms with Gasteiger partial charge in [-0.15, -0.1) is 0 Å². The Morgan fingerprint density at radius 1 is 1.15 bits per heavy atom. The molecule has 0 aliphatic rings. The highest BCUT2D eigenvalue weighted by molar-refractivity contribution is 5.17. The molecular weight excluding hydrogens is 164 g/mol. The Morgan fingerprint density at radius 3 is 2.23 bits per heavy atom. The average Bonchev–Trinajstić information content (AvgIpc) is 2.00. The summed E-state index contributed by atoms with van der Waals surface area (Å²) >= 11 is 0. The van der Waals surface area contributed by atoms with Gasteiger partial charge >= 0.3 is 0 Å². The number of hydrogen-bond acceptors (Lipinski definition) is 2. The Balaban J connectivity index is 3.89. The van der Waals surface area contributed by atoms with E-state index in [2.05, 4.69) is 19.7 Å². The standard InChI is InChI=1S/C11H14O2/c1-9(2)7-8-13-11(4)6-5-10(3)12/h5-8,12H,1,3-4H2,2H3/b6-5-,8-7+. The van der Waals surface area contributed by atoms with Gasteiger partial charge in [-0.2, -0.15) is 0 Å². The van der Waals surface area contributed by atoms with Gasteiger partial charge < -0.3 is 9.84 Å². The van der Waals surface area contributed by atoms with Gasteiger partial charge in [-0.1, -0.05) is 25.3 Å². The summed E-state index contributed by atoms with van der Waals surface area (Å²) in [5.74, 6) is 0.390. The normalized spacial score (nSPS) is 10.5. The summed E-state index contributed by atoms with van der Waals surface area (Å²) in [6.07, 6.45) is 6.12. The average molecular weight is 178 g/mol. The molecule has 0 aromatic carbocycles. The summed E-state index contributed by atoms with van der Waals surface area (Å²) < 4.78 is 5.03. The lowest BCUT2D eigenvalue weighted by Crippen LogP contribution is -1.78. The maximum absolute atomic E-state index is 8.70. The molecule has 13 heavy (non-hydrogen) atoms. The van der Waals surface area contributed by atoms with Gasteiger partial charge in [0.05, 0.1) is 6.26 Å². The molecule has 0 radical (unpaired) electrons. The molecule has 0 aliphatic heterocycles. The Morgan fingerprint density at radius 2 is 1.77 bits per heavy atom. The van der Waals surface area contributed by atoms with Crippen LogP contribution in [0.5, 0.6) is 0 Å². The first-order valence-electron chi connectivity index (χ1n) is 3.76. The molecule has 1 N–H and O–H groups in total. The summed E-state index contributed by atoms with van der Waals surface area (Å²) in [7, 11) is 0. The second kappa shape index (κ2) is 5.89. The smallest absolute Gasteiger partial charge is 0.119 e. The van der Waals surface area contributed by atoms with Crippen molar-refractivity contribution in [3.63, 3.8) is 0 Å². The van der Waals surface area contributed by atoms with Gasteiger partial charge in [0.25, 0.3) is 0 Å². The van der Waals surface area contributed by atoms with Crippen LogP contribution >= 0.6 is 0 Å². The minimum atomic E-state index is -0.0337. The minimum absolute atomic E-state index is 0.0337. The fraction of sp³-hybridized carbons (Fsp3) is 0.0909. The number of ether oxygens (including phenoxy) is 1. The van der Waals surface area contributed by atoms with Crippen molar-refractivity contribution in [1.29, 1.82) is 0 Å². The molecule has 0 fully saturated rings. The molecule has 0 saturated heterocycles. The lowest BCUT2D eigenvalue weighted by atomic mass is 10.3. The zero-order chi connectivity index (χ0) is 10.3. The van der Waals surface area contributed by atoms with Crippen LogP contribution < -0.4 is 0 Å². The van der Waals surface area contributed by atoms with Crippen LogP contribution in [0.4, 0.5) is 0 Å². The van der Waals surface area contributed by atoms with Crippen molar-refractivity contribution in [2.75, 3.05) is 0 Å². The van der Waals surface area contributed by atoms with E-state index in [9.17, 15) is 0 Å². The lowest BCUT2D eigenvalue weighted by molar-refractivity contribution is 0.369. The molecule has 0 aromatic heterocycles. The van der Waals surface area contributed by atoms with E-state index in [1.165, 1.54) is 18.4 Å². The monoisotopic (exact) mass is 178 g/mol. The number of rotatable bonds is 5. The molecule has 0 atom stereocenters. The summed E-state index contributed by atoms with van der Waals surface area (Å²) in [4.78, 5) is 0. The topological polar surface area (TPSA) is 29.5 Å². The summed E-state index contributed by atoms with van der Waals surface area (Å²) in [5.41, 5.74) is 0.892. The predicted molar refractivity (Wildman–Crippen MR) is 55.1 cm³/mol. The van der Waals surface area contributed by atoms with Crippen LogP contribution in [0.2, 0.25) is 0 Å². The maximum Gasteiger partial charge on any atom is 0.119 e. The number of allylic oxidation sites excluding steroid dienone is 4. The van der Waals surface area contributed by atoms with Crippen molar-refractivity contribution in [3.8, 4) is 0 Å². The zero-order valence-corrected chi connectivity index (χ0v) is 7.79. The fourth-order valence-corrected chi connectivity index (χ4v) is 0.466. The van der Waals surface area contributed by atoms with E-state index in [-0.39, 0.29) is 5.76 Å². The summed E-state index contributed by atoms with van der Waals surface area (Å²) in [5, 5.41) is 8.70. The third-order valence-corrected chi connectivity index (χ3v) is 1.03. The highest BCUT2D eigenvalue weighted by atomic mass is 16.5. The summed E-state index contributed by atoms with van der Waals surface area (Å²) in [6, 6.07) is 0. The van der Waals surface area contributed by atoms with Crippen LogP contribution in [0.1, 0.15) is 6.92 Å². The van der Waals surface area contributed by atoms with E-state index >= 15 is 0 Å². The van der Waals surface area contributed by atoms with Gasteiger partial charge in [-0.05, 0) is 25.2 Å². The first-order chi connectivity index (χ1) is 6.02. The molecular formula is C11H14O2. The van der Waals surface area contributed by atoms with Gasteiger partial charge in [0.1, 0.15) is 11.5 Å². The van der Waals surface area contributed by atoms with E-state index in [0.29, 0.717) is 5.76 Å². The van der Waals surface area contributed by atoms with Gasteiger partial charge in [0.15, 0.2) is 0 Å². The first-order valence-corrected chi connectivity index (χ1v) is 3.76. The molecule has 2 heteroatoms. The summed E-state index contributed by atoms with van der Waals surface area (Å²) in [6.45, 7) is 12.4. The van der Waals surface area contributed by atoms with Gasteiger partial charge in [0, 0.05) is 0 Å². The quantitative estimate of drug-likeness (QED) is 0.517. The number of aliphatic hydroxyl groups is 1. The second-order valence-corrected chi connectivity index (χ2v) is 2.56. The minimum Gasteiger partial charge on any atom is -0.509 e. The highest BCUT2D eigenvalue weighted by Crippen LogP contribution is 2.00. The third kappa shape index (κ3) is 8.20. The molecule has 0 unspecified atom stereocenters. The molecule has 0 aliphatic carbocycles. The van der Waals surface area contributed by atoms with Crippen molar-refractivity contribution >= 4 is 0 Å². The molecule has 0 heterocycles. The molecule has 0 amide bonds. The van der Waals surface area contributed by atoms with E-state index in [0.717, 1.165) is 5.57 Å². The van der Waals surface area contributed by atoms with Crippen molar-refractivity contribution in [2.45, 2.75) is 6.92 Å². The van der Waals surface area contributed by atoms with Crippen LogP contribution in [-0.2, 0) is 4.74 Å². The molecule has 0 aromatic rings. The number of aliphatic hydroxyl groups excluding tert-OH is 1. The molecule has 2 nitrogen and oxygen atoms in total. The lowest BCUT2D eigenvalue weighted by Gasteiger charge is -1.97. The highest BCUT2D eigenvalue weighted by Gasteiger charge is 1.84. The van der Waals surface area contributed by atoms with Crippen LogP contribution in [0.15, 0.2) is 61.3 Å². The largest absolute Gasteiger partial charge is 0.509 e. The van der Waals surface area contributed by atoms with E-state index in [1.807, 2.05) is 6.92 Å². The van der Waals surface area contributed by atoms with Gasteiger partial charge in [-0.3, -0.25) is 0 Å². The third-order valence-electron chi connectivity index (χ3n) is 1.03. The Bertz CT molecular complexity index is 270. The first kappa shape index (κ1) is 11.3. The zero-order valence-electron chi connectivity index (χ0n) is 7.79. The molecule has 70 valence electrons. The van der Waals surface area contributed by atoms with Crippen LogP contribution in [0, 0.1) is 0 Å². The SMILES string of the molecule is C=C(O)/C=C\C(=C)O/C=C/C(=C)C. The van der Waals surface area contributed by atoms with Crippen LogP contribution in [0.25, 0.3) is 0 Å². The Hall–Kier alpha value is -1.70. The predicted octanol–water partition coefficient (Wildman–Crippen LogP) is 3.23. The Labute approximate surface area is 78.8 Å².